The lowest BCUT2D eigenvalue weighted by molar-refractivity contribution is -0.0811. The lowest BCUT2D eigenvalue weighted by Crippen LogP contribution is -2.52. The quantitative estimate of drug-likeness (QED) is 0.373. The predicted octanol–water partition coefficient (Wildman–Crippen LogP) is 9.30. The van der Waals surface area contributed by atoms with E-state index in [1.54, 1.807) is 0 Å². The molecule has 0 amide bonds. The van der Waals surface area contributed by atoms with Gasteiger partial charge >= 0.3 is 0 Å². The lowest BCUT2D eigenvalue weighted by Gasteiger charge is -2.60. The minimum absolute atomic E-state index is 0.524. The Morgan fingerprint density at radius 3 is 2.41 bits per heavy atom. The van der Waals surface area contributed by atoms with Crippen molar-refractivity contribution in [3.8, 4) is 0 Å². The van der Waals surface area contributed by atoms with Crippen molar-refractivity contribution in [2.24, 2.45) is 52.3 Å². The van der Waals surface area contributed by atoms with Gasteiger partial charge in [-0.15, -0.1) is 0 Å². The monoisotopic (exact) mass is 400 g/mol. The van der Waals surface area contributed by atoms with Crippen LogP contribution in [0.2, 0.25) is 0 Å². The summed E-state index contributed by atoms with van der Waals surface area (Å²) in [6, 6.07) is 0. The molecule has 0 heterocycles. The van der Waals surface area contributed by atoms with Gasteiger partial charge in [0.2, 0.25) is 0 Å². The zero-order chi connectivity index (χ0) is 21.4. The number of hydrogen-bond donors (Lipinski definition) is 0. The van der Waals surface area contributed by atoms with E-state index in [4.69, 9.17) is 0 Å². The van der Waals surface area contributed by atoms with E-state index in [1.807, 2.05) is 5.57 Å². The second-order valence-corrected chi connectivity index (χ2v) is 12.7. The van der Waals surface area contributed by atoms with Gasteiger partial charge in [0, 0.05) is 0 Å². The van der Waals surface area contributed by atoms with Gasteiger partial charge in [0.15, 0.2) is 0 Å². The van der Waals surface area contributed by atoms with Crippen LogP contribution in [0.1, 0.15) is 120 Å². The summed E-state index contributed by atoms with van der Waals surface area (Å²) in [5, 5.41) is 0. The molecule has 0 aliphatic heterocycles. The first kappa shape index (κ1) is 23.4. The summed E-state index contributed by atoms with van der Waals surface area (Å²) in [6.45, 7) is 20.3. The van der Waals surface area contributed by atoms with Crippen LogP contribution in [0, 0.1) is 52.3 Å². The van der Waals surface area contributed by atoms with Crippen LogP contribution < -0.4 is 0 Å². The third-order valence-electron chi connectivity index (χ3n) is 10.6. The summed E-state index contributed by atoms with van der Waals surface area (Å²) in [5.74, 6) is 6.29. The molecule has 2 fully saturated rings. The van der Waals surface area contributed by atoms with Crippen molar-refractivity contribution in [3.63, 3.8) is 0 Å². The molecule has 3 rings (SSSR count). The molecule has 29 heavy (non-hydrogen) atoms. The first-order chi connectivity index (χ1) is 13.6. The third-order valence-corrected chi connectivity index (χ3v) is 10.6. The molecule has 0 saturated heterocycles. The Morgan fingerprint density at radius 2 is 1.76 bits per heavy atom. The fourth-order valence-electron chi connectivity index (χ4n) is 8.27. The van der Waals surface area contributed by atoms with Crippen LogP contribution in [0.3, 0.4) is 0 Å². The molecule has 0 nitrogen and oxygen atoms in total. The first-order valence-electron chi connectivity index (χ1n) is 13.3. The maximum Gasteiger partial charge on any atom is -0.00851 e. The van der Waals surface area contributed by atoms with Gasteiger partial charge in [0.1, 0.15) is 0 Å². The molecule has 0 N–H and O–H groups in total. The fourth-order valence-corrected chi connectivity index (χ4v) is 8.27. The van der Waals surface area contributed by atoms with E-state index in [9.17, 15) is 0 Å². The van der Waals surface area contributed by atoms with Crippen molar-refractivity contribution in [1.29, 1.82) is 0 Å². The van der Waals surface area contributed by atoms with Crippen molar-refractivity contribution in [1.82, 2.24) is 0 Å². The van der Waals surface area contributed by atoms with Crippen molar-refractivity contribution in [3.05, 3.63) is 11.6 Å². The molecule has 0 bridgehead atoms. The lowest BCUT2D eigenvalue weighted by atomic mass is 9.44. The van der Waals surface area contributed by atoms with Gasteiger partial charge in [0.25, 0.3) is 0 Å². The van der Waals surface area contributed by atoms with Crippen LogP contribution in [-0.4, -0.2) is 0 Å². The largest absolute Gasteiger partial charge is 0.0845 e. The highest BCUT2D eigenvalue weighted by molar-refractivity contribution is 5.24. The van der Waals surface area contributed by atoms with Crippen molar-refractivity contribution in [2.45, 2.75) is 120 Å². The highest BCUT2D eigenvalue weighted by Crippen LogP contribution is 2.64. The SMILES string of the molecule is CCC1C2CC=C3CC(C)CCC3(C)C2CCC1(C)C(C)C(C)CCCC(C)C. The van der Waals surface area contributed by atoms with Crippen LogP contribution in [0.4, 0.5) is 0 Å². The Labute approximate surface area is 183 Å². The van der Waals surface area contributed by atoms with E-state index in [2.05, 4.69) is 61.5 Å². The summed E-state index contributed by atoms with van der Waals surface area (Å²) >= 11 is 0. The Balaban J connectivity index is 1.77. The molecule has 0 heteroatoms. The molecule has 0 aromatic carbocycles. The highest BCUT2D eigenvalue weighted by Gasteiger charge is 2.55. The van der Waals surface area contributed by atoms with Crippen LogP contribution in [-0.2, 0) is 0 Å². The summed E-state index contributed by atoms with van der Waals surface area (Å²) in [6.07, 6.45) is 17.0. The average Bonchev–Trinajstić information content (AvgIpc) is 2.67. The van der Waals surface area contributed by atoms with E-state index in [1.165, 1.54) is 64.2 Å². The summed E-state index contributed by atoms with van der Waals surface area (Å²) in [4.78, 5) is 0. The van der Waals surface area contributed by atoms with Crippen LogP contribution >= 0.6 is 0 Å². The molecule has 0 radical (unpaired) electrons. The maximum absolute atomic E-state index is 2.74. The fraction of sp³-hybridized carbons (Fsp3) is 0.931. The molecular formula is C29H52. The molecule has 8 atom stereocenters. The van der Waals surface area contributed by atoms with E-state index in [0.29, 0.717) is 10.8 Å². The van der Waals surface area contributed by atoms with Crippen LogP contribution in [0.25, 0.3) is 0 Å². The molecular weight excluding hydrogens is 348 g/mol. The van der Waals surface area contributed by atoms with E-state index in [0.717, 1.165) is 41.4 Å². The van der Waals surface area contributed by atoms with Gasteiger partial charge in [-0.2, -0.15) is 0 Å². The molecule has 168 valence electrons. The zero-order valence-electron chi connectivity index (χ0n) is 21.2. The first-order valence-corrected chi connectivity index (χ1v) is 13.3. The van der Waals surface area contributed by atoms with Crippen molar-refractivity contribution in [2.75, 3.05) is 0 Å². The van der Waals surface area contributed by atoms with E-state index in [-0.39, 0.29) is 0 Å². The smallest absolute Gasteiger partial charge is 0.00851 e. The number of fused-ring (bicyclic) bond motifs is 3. The normalized spacial score (nSPS) is 42.0. The van der Waals surface area contributed by atoms with Gasteiger partial charge < -0.3 is 0 Å². The Morgan fingerprint density at radius 1 is 1.03 bits per heavy atom. The predicted molar refractivity (Wildman–Crippen MR) is 129 cm³/mol. The number of hydrogen-bond acceptors (Lipinski definition) is 0. The van der Waals surface area contributed by atoms with Crippen LogP contribution in [0.15, 0.2) is 11.6 Å². The maximum atomic E-state index is 2.74. The van der Waals surface area contributed by atoms with E-state index >= 15 is 0 Å². The molecule has 8 unspecified atom stereocenters. The highest BCUT2D eigenvalue weighted by atomic mass is 14.6. The van der Waals surface area contributed by atoms with Gasteiger partial charge in [0.05, 0.1) is 0 Å². The minimum Gasteiger partial charge on any atom is -0.0845 e. The van der Waals surface area contributed by atoms with Crippen molar-refractivity contribution < 1.29 is 0 Å². The minimum atomic E-state index is 0.524. The second kappa shape index (κ2) is 9.08. The van der Waals surface area contributed by atoms with Crippen LogP contribution in [0.5, 0.6) is 0 Å². The topological polar surface area (TPSA) is 0 Å². The molecule has 0 aromatic rings. The molecule has 0 aromatic heterocycles. The molecule has 3 aliphatic rings. The van der Waals surface area contributed by atoms with Gasteiger partial charge in [-0.05, 0) is 90.8 Å². The average molecular weight is 401 g/mol. The molecule has 0 spiro atoms. The van der Waals surface area contributed by atoms with Gasteiger partial charge in [-0.1, -0.05) is 92.7 Å². The number of rotatable bonds is 7. The van der Waals surface area contributed by atoms with Gasteiger partial charge in [-0.3, -0.25) is 0 Å². The molecule has 2 saturated carbocycles. The third kappa shape index (κ3) is 4.39. The van der Waals surface area contributed by atoms with Crippen molar-refractivity contribution >= 4 is 0 Å². The summed E-state index contributed by atoms with van der Waals surface area (Å²) in [5.41, 5.74) is 2.92. The zero-order valence-corrected chi connectivity index (χ0v) is 21.2. The second-order valence-electron chi connectivity index (χ2n) is 12.7. The van der Waals surface area contributed by atoms with E-state index < -0.39 is 0 Å². The Bertz CT molecular complexity index is 571. The van der Waals surface area contributed by atoms with Gasteiger partial charge in [-0.25, -0.2) is 0 Å². The summed E-state index contributed by atoms with van der Waals surface area (Å²) in [7, 11) is 0. The Kier molecular flexibility index (Phi) is 7.33. The summed E-state index contributed by atoms with van der Waals surface area (Å²) < 4.78 is 0. The number of allylic oxidation sites excluding steroid dienone is 2. The Hall–Kier alpha value is -0.260. The molecule has 3 aliphatic carbocycles. The standard InChI is InChI=1S/C29H52/c1-9-26-25-14-13-24-19-21(4)15-17-29(24,8)27(25)16-18-28(26,7)23(6)22(5)12-10-11-20(2)3/h13,20-23,25-27H,9-12,14-19H2,1-8H3.